The van der Waals surface area contributed by atoms with Crippen molar-refractivity contribution in [2.24, 2.45) is 0 Å². The van der Waals surface area contributed by atoms with Crippen LogP contribution in [0, 0.1) is 0 Å². The van der Waals surface area contributed by atoms with E-state index in [1.165, 1.54) is 0 Å². The van der Waals surface area contributed by atoms with Gasteiger partial charge in [-0.2, -0.15) is 0 Å². The lowest BCUT2D eigenvalue weighted by atomic mass is 10.6. The molecular formula is C7H15NO2. The molecule has 0 saturated heterocycles. The van der Waals surface area contributed by atoms with E-state index >= 15 is 0 Å². The van der Waals surface area contributed by atoms with E-state index in [0.29, 0.717) is 13.2 Å². The summed E-state index contributed by atoms with van der Waals surface area (Å²) in [6.45, 7) is 3.13. The van der Waals surface area contributed by atoms with Crippen LogP contribution in [-0.4, -0.2) is 27.4 Å². The zero-order valence-electron chi connectivity index (χ0n) is 6.81. The normalized spacial score (nSPS) is 11.3. The van der Waals surface area contributed by atoms with E-state index in [4.69, 9.17) is 9.47 Å². The molecule has 0 radical (unpaired) electrons. The zero-order valence-corrected chi connectivity index (χ0v) is 6.81. The highest BCUT2D eigenvalue weighted by molar-refractivity contribution is 4.85. The van der Waals surface area contributed by atoms with Crippen LogP contribution in [0.4, 0.5) is 0 Å². The molecule has 0 aliphatic rings. The first-order chi connectivity index (χ1) is 4.85. The number of nitrogens with one attached hydrogen (secondary N) is 1. The minimum atomic E-state index is 0.594. The van der Waals surface area contributed by atoms with Crippen molar-refractivity contribution in [1.29, 1.82) is 0 Å². The van der Waals surface area contributed by atoms with Crippen molar-refractivity contribution in [3.8, 4) is 0 Å². The summed E-state index contributed by atoms with van der Waals surface area (Å²) in [5.41, 5.74) is 0. The lowest BCUT2D eigenvalue weighted by Crippen LogP contribution is -2.12. The van der Waals surface area contributed by atoms with Crippen LogP contribution in [0.15, 0.2) is 12.0 Å². The van der Waals surface area contributed by atoms with Crippen molar-refractivity contribution in [2.75, 3.05) is 27.4 Å². The summed E-state index contributed by atoms with van der Waals surface area (Å²) in [5, 5.41) is 2.89. The highest BCUT2D eigenvalue weighted by Crippen LogP contribution is 1.89. The first-order valence-electron chi connectivity index (χ1n) is 3.31. The highest BCUT2D eigenvalue weighted by Gasteiger charge is 1.89. The average molecular weight is 145 g/mol. The van der Waals surface area contributed by atoms with Gasteiger partial charge >= 0.3 is 0 Å². The Morgan fingerprint density at radius 2 is 2.20 bits per heavy atom. The van der Waals surface area contributed by atoms with Crippen LogP contribution < -0.4 is 5.32 Å². The smallest absolute Gasteiger partial charge is 0.181 e. The van der Waals surface area contributed by atoms with Crippen molar-refractivity contribution >= 4 is 0 Å². The molecule has 0 aliphatic heterocycles. The molecule has 0 fully saturated rings. The molecule has 0 aromatic heterocycles. The third kappa shape index (κ3) is 4.21. The number of hydrogen-bond donors (Lipinski definition) is 1. The average Bonchev–Trinajstić information content (AvgIpc) is 1.99. The third-order valence-electron chi connectivity index (χ3n) is 1.05. The van der Waals surface area contributed by atoms with E-state index in [-0.39, 0.29) is 0 Å². The Morgan fingerprint density at radius 3 is 2.60 bits per heavy atom. The fourth-order valence-electron chi connectivity index (χ4n) is 0.535. The van der Waals surface area contributed by atoms with Crippen molar-refractivity contribution in [2.45, 2.75) is 6.92 Å². The summed E-state index contributed by atoms with van der Waals surface area (Å²) in [6.07, 6.45) is 1.87. The third-order valence-corrected chi connectivity index (χ3v) is 1.05. The summed E-state index contributed by atoms with van der Waals surface area (Å²) in [4.78, 5) is 0. The Bertz CT molecular complexity index is 102. The number of rotatable bonds is 5. The summed E-state index contributed by atoms with van der Waals surface area (Å²) in [5.74, 6) is 0.789. The minimum Gasteiger partial charge on any atom is -0.477 e. The van der Waals surface area contributed by atoms with Gasteiger partial charge in [-0.05, 0) is 13.0 Å². The van der Waals surface area contributed by atoms with Crippen LogP contribution in [0.3, 0.4) is 0 Å². The van der Waals surface area contributed by atoms with E-state index < -0.39 is 0 Å². The van der Waals surface area contributed by atoms with Crippen molar-refractivity contribution in [1.82, 2.24) is 5.32 Å². The Hall–Kier alpha value is -0.700. The van der Waals surface area contributed by atoms with E-state index in [9.17, 15) is 0 Å². The molecule has 3 nitrogen and oxygen atoms in total. The topological polar surface area (TPSA) is 30.5 Å². The lowest BCUT2D eigenvalue weighted by molar-refractivity contribution is 0.103. The van der Waals surface area contributed by atoms with Gasteiger partial charge in [0.1, 0.15) is 6.61 Å². The summed E-state index contributed by atoms with van der Waals surface area (Å²) in [7, 11) is 3.47. The minimum absolute atomic E-state index is 0.594. The van der Waals surface area contributed by atoms with Gasteiger partial charge in [-0.1, -0.05) is 0 Å². The molecule has 0 aromatic carbocycles. The molecule has 0 aromatic rings. The predicted octanol–water partition coefficient (Wildman–Crippen LogP) is 0.730. The van der Waals surface area contributed by atoms with Gasteiger partial charge in [0.05, 0.1) is 6.61 Å². The first kappa shape index (κ1) is 9.30. The maximum Gasteiger partial charge on any atom is 0.181 e. The second kappa shape index (κ2) is 6.42. The van der Waals surface area contributed by atoms with E-state index in [1.807, 2.05) is 20.0 Å². The molecule has 0 unspecified atom stereocenters. The largest absolute Gasteiger partial charge is 0.477 e. The predicted molar refractivity (Wildman–Crippen MR) is 40.6 cm³/mol. The fourth-order valence-corrected chi connectivity index (χ4v) is 0.535. The molecular weight excluding hydrogens is 130 g/mol. The van der Waals surface area contributed by atoms with Gasteiger partial charge in [-0.25, -0.2) is 0 Å². The van der Waals surface area contributed by atoms with Gasteiger partial charge in [0.15, 0.2) is 5.88 Å². The number of methoxy groups -OCH3 is 1. The maximum absolute atomic E-state index is 5.21. The van der Waals surface area contributed by atoms with Crippen LogP contribution >= 0.6 is 0 Å². The Balaban J connectivity index is 3.27. The summed E-state index contributed by atoms with van der Waals surface area (Å²) in [6, 6.07) is 0. The van der Waals surface area contributed by atoms with Crippen molar-refractivity contribution in [3.63, 3.8) is 0 Å². The second-order valence-electron chi connectivity index (χ2n) is 1.74. The molecule has 0 saturated carbocycles. The van der Waals surface area contributed by atoms with Crippen LogP contribution in [0.1, 0.15) is 6.92 Å². The summed E-state index contributed by atoms with van der Waals surface area (Å²) < 4.78 is 10.0. The first-order valence-corrected chi connectivity index (χ1v) is 3.31. The van der Waals surface area contributed by atoms with Crippen LogP contribution in [0.25, 0.3) is 0 Å². The van der Waals surface area contributed by atoms with Crippen LogP contribution in [0.5, 0.6) is 0 Å². The van der Waals surface area contributed by atoms with Gasteiger partial charge in [0.2, 0.25) is 0 Å². The van der Waals surface area contributed by atoms with E-state index in [0.717, 1.165) is 5.88 Å². The van der Waals surface area contributed by atoms with E-state index in [2.05, 4.69) is 5.32 Å². The molecule has 0 heterocycles. The molecule has 3 heteroatoms. The van der Waals surface area contributed by atoms with Crippen molar-refractivity contribution < 1.29 is 9.47 Å². The highest BCUT2D eigenvalue weighted by atomic mass is 16.5. The van der Waals surface area contributed by atoms with Gasteiger partial charge in [-0.3, -0.25) is 0 Å². The van der Waals surface area contributed by atoms with Gasteiger partial charge < -0.3 is 14.8 Å². The molecule has 0 spiro atoms. The van der Waals surface area contributed by atoms with Crippen LogP contribution in [0.2, 0.25) is 0 Å². The number of allylic oxidation sites excluding steroid dienone is 1. The van der Waals surface area contributed by atoms with E-state index in [1.54, 1.807) is 7.11 Å². The fraction of sp³-hybridized carbons (Fsp3) is 0.714. The van der Waals surface area contributed by atoms with Gasteiger partial charge in [0.25, 0.3) is 0 Å². The zero-order chi connectivity index (χ0) is 7.82. The molecule has 10 heavy (non-hydrogen) atoms. The summed E-state index contributed by atoms with van der Waals surface area (Å²) >= 11 is 0. The Labute approximate surface area is 62.0 Å². The molecule has 0 rings (SSSR count). The second-order valence-corrected chi connectivity index (χ2v) is 1.74. The number of hydrogen-bond acceptors (Lipinski definition) is 3. The van der Waals surface area contributed by atoms with Crippen LogP contribution in [-0.2, 0) is 9.47 Å². The quantitative estimate of drug-likeness (QED) is 0.457. The Morgan fingerprint density at radius 1 is 1.50 bits per heavy atom. The molecule has 0 aliphatic carbocycles. The SMILES string of the molecule is C/C=C(\NC)OCCOC. The molecule has 0 atom stereocenters. The standard InChI is InChI=1S/C7H15NO2/c1-4-7(8-2)10-6-5-9-3/h4,8H,5-6H2,1-3H3/b7-4+. The monoisotopic (exact) mass is 145 g/mol. The maximum atomic E-state index is 5.21. The molecule has 60 valence electrons. The Kier molecular flexibility index (Phi) is 5.97. The van der Waals surface area contributed by atoms with Gasteiger partial charge in [-0.15, -0.1) is 0 Å². The molecule has 0 amide bonds. The number of ether oxygens (including phenoxy) is 2. The van der Waals surface area contributed by atoms with Gasteiger partial charge in [0, 0.05) is 14.2 Å². The molecule has 1 N–H and O–H groups in total. The van der Waals surface area contributed by atoms with Crippen molar-refractivity contribution in [3.05, 3.63) is 12.0 Å². The lowest BCUT2D eigenvalue weighted by Gasteiger charge is -2.07. The molecule has 0 bridgehead atoms.